The molecule has 0 radical (unpaired) electrons. The lowest BCUT2D eigenvalue weighted by atomic mass is 10.4. The molecule has 1 unspecified atom stereocenters. The highest BCUT2D eigenvalue weighted by Gasteiger charge is 2.25. The van der Waals surface area contributed by atoms with Crippen molar-refractivity contribution < 1.29 is 23.8 Å². The average molecular weight is 181 g/mol. The molecule has 0 spiro atoms. The van der Waals surface area contributed by atoms with Crippen LogP contribution in [0, 0.1) is 0 Å². The summed E-state index contributed by atoms with van der Waals surface area (Å²) in [5.41, 5.74) is -0.923. The van der Waals surface area contributed by atoms with Gasteiger partial charge in [-0.25, -0.2) is 9.59 Å². The minimum atomic E-state index is -0.923. The van der Waals surface area contributed by atoms with Gasteiger partial charge in [0.05, 0.1) is 0 Å². The first-order chi connectivity index (χ1) is 5.18. The lowest BCUT2D eigenvalue weighted by Gasteiger charge is -2.03. The van der Waals surface area contributed by atoms with Crippen molar-refractivity contribution in [2.45, 2.75) is 6.10 Å². The van der Waals surface area contributed by atoms with Gasteiger partial charge in [-0.15, -0.1) is 0 Å². The molecule has 1 rings (SSSR count). The Morgan fingerprint density at radius 3 is 3.00 bits per heavy atom. The molecule has 0 aromatic rings. The number of ether oxygens (including phenoxy) is 3. The standard InChI is InChI=1S/C5H5ClO5/c6-4(7)9-1-3-2-10-5(8)11-3/h3H,1-2H2. The highest BCUT2D eigenvalue weighted by molar-refractivity contribution is 6.61. The number of hydrogen-bond acceptors (Lipinski definition) is 5. The monoisotopic (exact) mass is 180 g/mol. The summed E-state index contributed by atoms with van der Waals surface area (Å²) in [6, 6.07) is 0. The van der Waals surface area contributed by atoms with Crippen LogP contribution in [-0.4, -0.2) is 30.9 Å². The summed E-state index contributed by atoms with van der Waals surface area (Å²) in [6.07, 6.45) is -1.27. The van der Waals surface area contributed by atoms with Gasteiger partial charge in [0, 0.05) is 11.6 Å². The van der Waals surface area contributed by atoms with Gasteiger partial charge in [0.2, 0.25) is 0 Å². The third-order valence-corrected chi connectivity index (χ3v) is 1.14. The maximum atomic E-state index is 10.3. The second-order valence-corrected chi connectivity index (χ2v) is 2.16. The van der Waals surface area contributed by atoms with Crippen LogP contribution in [-0.2, 0) is 14.2 Å². The van der Waals surface area contributed by atoms with Gasteiger partial charge in [-0.2, -0.15) is 0 Å². The summed E-state index contributed by atoms with van der Waals surface area (Å²) in [7, 11) is 0. The molecule has 0 amide bonds. The maximum absolute atomic E-state index is 10.3. The Hall–Kier alpha value is -0.970. The minimum absolute atomic E-state index is 0.0614. The van der Waals surface area contributed by atoms with Crippen molar-refractivity contribution in [2.24, 2.45) is 0 Å². The SMILES string of the molecule is O=C(Cl)OCC1COC(=O)O1. The summed E-state index contributed by atoms with van der Waals surface area (Å²) in [6.45, 7) is 0.0388. The lowest BCUT2D eigenvalue weighted by molar-refractivity contribution is 0.0823. The molecule has 11 heavy (non-hydrogen) atoms. The van der Waals surface area contributed by atoms with E-state index < -0.39 is 17.7 Å². The smallest absolute Gasteiger partial charge is 0.450 e. The second-order valence-electron chi connectivity index (χ2n) is 1.85. The zero-order valence-corrected chi connectivity index (χ0v) is 6.17. The van der Waals surface area contributed by atoms with Crippen molar-refractivity contribution in [3.05, 3.63) is 0 Å². The fourth-order valence-corrected chi connectivity index (χ4v) is 0.669. The molecule has 1 atom stereocenters. The molecule has 6 heteroatoms. The molecule has 0 saturated carbocycles. The first-order valence-electron chi connectivity index (χ1n) is 2.84. The Bertz CT molecular complexity index is 180. The predicted molar refractivity (Wildman–Crippen MR) is 33.4 cm³/mol. The highest BCUT2D eigenvalue weighted by atomic mass is 35.5. The number of carbonyl (C=O) groups is 2. The number of hydrogen-bond donors (Lipinski definition) is 0. The minimum Gasteiger partial charge on any atom is -0.450 e. The third kappa shape index (κ3) is 2.63. The van der Waals surface area contributed by atoms with Crippen LogP contribution < -0.4 is 0 Å². The normalized spacial score (nSPS) is 22.3. The average Bonchev–Trinajstić information content (AvgIpc) is 2.31. The molecule has 5 nitrogen and oxygen atoms in total. The Kier molecular flexibility index (Phi) is 2.53. The van der Waals surface area contributed by atoms with E-state index in [4.69, 9.17) is 11.6 Å². The van der Waals surface area contributed by atoms with Crippen LogP contribution in [0.5, 0.6) is 0 Å². The van der Waals surface area contributed by atoms with Gasteiger partial charge >= 0.3 is 11.6 Å². The Balaban J connectivity index is 2.18. The molecule has 1 aliphatic rings. The largest absolute Gasteiger partial charge is 0.508 e. The molecular weight excluding hydrogens is 176 g/mol. The van der Waals surface area contributed by atoms with E-state index in [0.717, 1.165) is 0 Å². The summed E-state index contributed by atoms with van der Waals surface area (Å²) < 4.78 is 13.3. The predicted octanol–water partition coefficient (Wildman–Crippen LogP) is 0.897. The number of carbonyl (C=O) groups excluding carboxylic acids is 2. The van der Waals surface area contributed by atoms with Crippen molar-refractivity contribution in [1.82, 2.24) is 0 Å². The van der Waals surface area contributed by atoms with E-state index in [0.29, 0.717) is 0 Å². The fraction of sp³-hybridized carbons (Fsp3) is 0.600. The van der Waals surface area contributed by atoms with Crippen LogP contribution in [0.1, 0.15) is 0 Å². The van der Waals surface area contributed by atoms with Crippen LogP contribution in [0.15, 0.2) is 0 Å². The first kappa shape index (κ1) is 8.13. The van der Waals surface area contributed by atoms with Crippen LogP contribution in [0.25, 0.3) is 0 Å². The van der Waals surface area contributed by atoms with Crippen LogP contribution in [0.4, 0.5) is 9.59 Å². The van der Waals surface area contributed by atoms with E-state index in [-0.39, 0.29) is 13.2 Å². The van der Waals surface area contributed by atoms with Gasteiger partial charge in [-0.1, -0.05) is 0 Å². The van der Waals surface area contributed by atoms with E-state index in [1.807, 2.05) is 0 Å². The molecule has 1 heterocycles. The van der Waals surface area contributed by atoms with E-state index in [1.165, 1.54) is 0 Å². The van der Waals surface area contributed by atoms with Gasteiger partial charge in [0.1, 0.15) is 13.2 Å². The Morgan fingerprint density at radius 1 is 1.82 bits per heavy atom. The number of rotatable bonds is 2. The molecule has 0 aromatic heterocycles. The van der Waals surface area contributed by atoms with Gasteiger partial charge < -0.3 is 14.2 Å². The number of halogens is 1. The van der Waals surface area contributed by atoms with E-state index in [2.05, 4.69) is 14.2 Å². The number of cyclic esters (lactones) is 2. The molecule has 0 aromatic carbocycles. The molecule has 0 bridgehead atoms. The van der Waals surface area contributed by atoms with Gasteiger partial charge in [0.15, 0.2) is 6.10 Å². The van der Waals surface area contributed by atoms with E-state index in [1.54, 1.807) is 0 Å². The molecular formula is C5H5ClO5. The summed E-state index contributed by atoms with van der Waals surface area (Å²) >= 11 is 4.85. The zero-order valence-electron chi connectivity index (χ0n) is 5.41. The zero-order chi connectivity index (χ0) is 8.27. The Morgan fingerprint density at radius 2 is 2.55 bits per heavy atom. The Labute approximate surface area is 67.2 Å². The van der Waals surface area contributed by atoms with Crippen LogP contribution in [0.3, 0.4) is 0 Å². The molecule has 0 aliphatic carbocycles. The molecule has 0 N–H and O–H groups in total. The van der Waals surface area contributed by atoms with Gasteiger partial charge in [0.25, 0.3) is 0 Å². The molecule has 1 fully saturated rings. The van der Waals surface area contributed by atoms with Crippen molar-refractivity contribution in [2.75, 3.05) is 13.2 Å². The molecule has 1 saturated heterocycles. The second kappa shape index (κ2) is 3.43. The van der Waals surface area contributed by atoms with E-state index in [9.17, 15) is 9.59 Å². The summed E-state index contributed by atoms with van der Waals surface area (Å²) in [5.74, 6) is 0. The lowest BCUT2D eigenvalue weighted by Crippen LogP contribution is -2.18. The van der Waals surface area contributed by atoms with E-state index >= 15 is 0 Å². The summed E-state index contributed by atoms with van der Waals surface area (Å²) in [4.78, 5) is 20.3. The van der Waals surface area contributed by atoms with Crippen LogP contribution in [0.2, 0.25) is 0 Å². The third-order valence-electron chi connectivity index (χ3n) is 1.03. The quantitative estimate of drug-likeness (QED) is 0.467. The van der Waals surface area contributed by atoms with Crippen molar-refractivity contribution >= 4 is 23.2 Å². The van der Waals surface area contributed by atoms with Crippen LogP contribution >= 0.6 is 11.6 Å². The highest BCUT2D eigenvalue weighted by Crippen LogP contribution is 2.06. The maximum Gasteiger partial charge on any atom is 0.508 e. The van der Waals surface area contributed by atoms with Crippen molar-refractivity contribution in [3.63, 3.8) is 0 Å². The van der Waals surface area contributed by atoms with Gasteiger partial charge in [-0.05, 0) is 0 Å². The van der Waals surface area contributed by atoms with Crippen molar-refractivity contribution in [3.8, 4) is 0 Å². The fourth-order valence-electron chi connectivity index (χ4n) is 0.606. The van der Waals surface area contributed by atoms with Gasteiger partial charge in [-0.3, -0.25) is 0 Å². The van der Waals surface area contributed by atoms with Crippen molar-refractivity contribution in [1.29, 1.82) is 0 Å². The summed E-state index contributed by atoms with van der Waals surface area (Å²) in [5, 5.41) is 0. The molecule has 1 aliphatic heterocycles. The first-order valence-corrected chi connectivity index (χ1v) is 3.22. The molecule has 62 valence electrons. The topological polar surface area (TPSA) is 61.8 Å².